The predicted molar refractivity (Wildman–Crippen MR) is 133 cm³/mol. The quantitative estimate of drug-likeness (QED) is 0.409. The second-order valence-electron chi connectivity index (χ2n) is 8.13. The second-order valence-corrected chi connectivity index (χ2v) is 8.54. The number of rotatable bonds is 8. The summed E-state index contributed by atoms with van der Waals surface area (Å²) in [5.74, 6) is 0.228. The zero-order valence-electron chi connectivity index (χ0n) is 19.0. The number of carbonyl (C=O) groups is 1. The van der Waals surface area contributed by atoms with Gasteiger partial charge in [0, 0.05) is 23.7 Å². The van der Waals surface area contributed by atoms with Gasteiger partial charge >= 0.3 is 0 Å². The Morgan fingerprint density at radius 1 is 1.21 bits per heavy atom. The van der Waals surface area contributed by atoms with Crippen molar-refractivity contribution in [3.8, 4) is 5.75 Å². The van der Waals surface area contributed by atoms with Gasteiger partial charge in [0.05, 0.1) is 23.3 Å². The van der Waals surface area contributed by atoms with Crippen LogP contribution in [0.5, 0.6) is 5.75 Å². The predicted octanol–water partition coefficient (Wildman–Crippen LogP) is 5.55. The van der Waals surface area contributed by atoms with E-state index in [1.165, 1.54) is 44.8 Å². The second kappa shape index (κ2) is 11.3. The molecule has 0 bridgehead atoms. The summed E-state index contributed by atoms with van der Waals surface area (Å²) in [5.41, 5.74) is 1.69. The van der Waals surface area contributed by atoms with E-state index < -0.39 is 5.82 Å². The van der Waals surface area contributed by atoms with Crippen molar-refractivity contribution in [2.24, 2.45) is 0 Å². The van der Waals surface area contributed by atoms with Crippen molar-refractivity contribution in [1.82, 2.24) is 14.9 Å². The van der Waals surface area contributed by atoms with Crippen LogP contribution in [0, 0.1) is 5.82 Å². The number of nitrogens with zero attached hydrogens (tertiary/aromatic N) is 3. The van der Waals surface area contributed by atoms with Crippen molar-refractivity contribution >= 4 is 45.6 Å². The lowest BCUT2D eigenvalue weighted by Gasteiger charge is -2.25. The van der Waals surface area contributed by atoms with E-state index >= 15 is 0 Å². The van der Waals surface area contributed by atoms with Crippen LogP contribution in [-0.2, 0) is 4.79 Å². The first-order valence-corrected chi connectivity index (χ1v) is 11.7. The first-order valence-electron chi connectivity index (χ1n) is 11.3. The number of hydrogen-bond donors (Lipinski definition) is 2. The first-order chi connectivity index (χ1) is 16.5. The fourth-order valence-corrected chi connectivity index (χ4v) is 4.15. The Hall–Kier alpha value is -3.23. The van der Waals surface area contributed by atoms with E-state index in [1.807, 2.05) is 6.08 Å². The maximum absolute atomic E-state index is 13.5. The standard InChI is InChI=1S/C25H27ClFN5O2/c1-34-23-15-21-18(25(29-16-28-21)30-17-8-9-20(27)19(26)13-17)14-22(23)31-24(33)7-3-6-12-32-10-4-2-5-11-32/h3,7-9,13-16H,2,4-6,10-12H2,1H3,(H,31,33)(H,28,29,30)/b7-3+. The molecule has 1 fully saturated rings. The number of carbonyl (C=O) groups excluding carboxylic acids is 1. The van der Waals surface area contributed by atoms with E-state index in [1.54, 1.807) is 24.3 Å². The Balaban J connectivity index is 1.49. The largest absolute Gasteiger partial charge is 0.494 e. The number of ether oxygens (including phenoxy) is 1. The zero-order valence-corrected chi connectivity index (χ0v) is 19.7. The van der Waals surface area contributed by atoms with Gasteiger partial charge in [0.15, 0.2) is 0 Å². The van der Waals surface area contributed by atoms with Crippen LogP contribution in [0.2, 0.25) is 5.02 Å². The van der Waals surface area contributed by atoms with Crippen LogP contribution in [-0.4, -0.2) is 47.5 Å². The Morgan fingerprint density at radius 2 is 2.03 bits per heavy atom. The lowest BCUT2D eigenvalue weighted by molar-refractivity contribution is -0.111. The van der Waals surface area contributed by atoms with Crippen molar-refractivity contribution in [3.05, 3.63) is 59.7 Å². The van der Waals surface area contributed by atoms with Gasteiger partial charge in [-0.3, -0.25) is 4.79 Å². The number of methoxy groups -OCH3 is 1. The third-order valence-corrected chi connectivity index (χ3v) is 6.02. The number of fused-ring (bicyclic) bond motifs is 1. The molecule has 4 rings (SSSR count). The van der Waals surface area contributed by atoms with Crippen molar-refractivity contribution in [3.63, 3.8) is 0 Å². The third-order valence-electron chi connectivity index (χ3n) is 5.73. The maximum atomic E-state index is 13.5. The van der Waals surface area contributed by atoms with Gasteiger partial charge in [-0.05, 0) is 62.7 Å². The Morgan fingerprint density at radius 3 is 2.79 bits per heavy atom. The van der Waals surface area contributed by atoms with E-state index in [0.717, 1.165) is 26.1 Å². The molecule has 1 saturated heterocycles. The van der Waals surface area contributed by atoms with Crippen molar-refractivity contribution < 1.29 is 13.9 Å². The van der Waals surface area contributed by atoms with Gasteiger partial charge in [0.2, 0.25) is 5.91 Å². The van der Waals surface area contributed by atoms with Crippen LogP contribution in [0.1, 0.15) is 25.7 Å². The number of anilines is 3. The molecule has 1 aromatic heterocycles. The lowest BCUT2D eigenvalue weighted by atomic mass is 10.1. The summed E-state index contributed by atoms with van der Waals surface area (Å²) in [4.78, 5) is 23.6. The molecule has 0 saturated carbocycles. The van der Waals surface area contributed by atoms with E-state index in [-0.39, 0.29) is 10.9 Å². The van der Waals surface area contributed by atoms with Gasteiger partial charge in [-0.1, -0.05) is 24.1 Å². The van der Waals surface area contributed by atoms with E-state index in [2.05, 4.69) is 25.5 Å². The lowest BCUT2D eigenvalue weighted by Crippen LogP contribution is -2.30. The maximum Gasteiger partial charge on any atom is 0.248 e. The highest BCUT2D eigenvalue weighted by atomic mass is 35.5. The van der Waals surface area contributed by atoms with Crippen LogP contribution in [0.25, 0.3) is 10.9 Å². The van der Waals surface area contributed by atoms with E-state index in [0.29, 0.717) is 33.8 Å². The minimum atomic E-state index is -0.501. The summed E-state index contributed by atoms with van der Waals surface area (Å²) in [7, 11) is 1.53. The highest BCUT2D eigenvalue weighted by Gasteiger charge is 2.13. The van der Waals surface area contributed by atoms with Gasteiger partial charge in [-0.15, -0.1) is 0 Å². The molecule has 7 nitrogen and oxygen atoms in total. The Bertz CT molecular complexity index is 1200. The molecule has 0 atom stereocenters. The number of benzene rings is 2. The fourth-order valence-electron chi connectivity index (χ4n) is 3.97. The average molecular weight is 484 g/mol. The topological polar surface area (TPSA) is 79.4 Å². The van der Waals surface area contributed by atoms with E-state index in [9.17, 15) is 9.18 Å². The molecule has 0 aliphatic carbocycles. The summed E-state index contributed by atoms with van der Waals surface area (Å²) >= 11 is 5.90. The fraction of sp³-hybridized carbons (Fsp3) is 0.320. The number of hydrogen-bond acceptors (Lipinski definition) is 6. The van der Waals surface area contributed by atoms with Gasteiger partial charge in [-0.25, -0.2) is 14.4 Å². The number of piperidine rings is 1. The smallest absolute Gasteiger partial charge is 0.248 e. The molecule has 34 heavy (non-hydrogen) atoms. The van der Waals surface area contributed by atoms with Crippen LogP contribution in [0.4, 0.5) is 21.6 Å². The monoisotopic (exact) mass is 483 g/mol. The van der Waals surface area contributed by atoms with Crippen molar-refractivity contribution in [1.29, 1.82) is 0 Å². The molecule has 0 unspecified atom stereocenters. The Labute approximate surface area is 203 Å². The molecular formula is C25H27ClFN5O2. The number of halogens is 2. The van der Waals surface area contributed by atoms with Gasteiger partial charge < -0.3 is 20.3 Å². The zero-order chi connectivity index (χ0) is 23.9. The Kier molecular flexibility index (Phi) is 7.92. The number of aromatic nitrogens is 2. The molecule has 1 amide bonds. The molecule has 3 aromatic rings. The SMILES string of the molecule is COc1cc2ncnc(Nc3ccc(F)c(Cl)c3)c2cc1NC(=O)/C=C/CCN1CCCCC1. The van der Waals surface area contributed by atoms with Crippen LogP contribution < -0.4 is 15.4 Å². The minimum Gasteiger partial charge on any atom is -0.494 e. The summed E-state index contributed by atoms with van der Waals surface area (Å²) in [6.45, 7) is 3.23. The highest BCUT2D eigenvalue weighted by Crippen LogP contribution is 2.33. The third kappa shape index (κ3) is 6.01. The number of nitrogens with one attached hydrogen (secondary N) is 2. The van der Waals surface area contributed by atoms with E-state index in [4.69, 9.17) is 16.3 Å². The van der Waals surface area contributed by atoms with Gasteiger partial charge in [-0.2, -0.15) is 0 Å². The molecule has 0 radical (unpaired) electrons. The number of likely N-dealkylation sites (tertiary alicyclic amines) is 1. The molecule has 2 aromatic carbocycles. The molecule has 2 N–H and O–H groups in total. The summed E-state index contributed by atoms with van der Waals surface area (Å²) in [6, 6.07) is 7.80. The van der Waals surface area contributed by atoms with Gasteiger partial charge in [0.25, 0.3) is 0 Å². The summed E-state index contributed by atoms with van der Waals surface area (Å²) in [5, 5.41) is 6.68. The number of amides is 1. The average Bonchev–Trinajstić information content (AvgIpc) is 2.85. The first kappa shape index (κ1) is 23.9. The highest BCUT2D eigenvalue weighted by molar-refractivity contribution is 6.31. The summed E-state index contributed by atoms with van der Waals surface area (Å²) in [6.07, 6.45) is 9.49. The molecule has 178 valence electrons. The molecule has 2 heterocycles. The van der Waals surface area contributed by atoms with Crippen molar-refractivity contribution in [2.45, 2.75) is 25.7 Å². The normalized spacial score (nSPS) is 14.4. The van der Waals surface area contributed by atoms with Crippen LogP contribution >= 0.6 is 11.6 Å². The van der Waals surface area contributed by atoms with Crippen LogP contribution in [0.3, 0.4) is 0 Å². The molecule has 1 aliphatic heterocycles. The minimum absolute atomic E-state index is 0.00468. The molecule has 1 aliphatic rings. The van der Waals surface area contributed by atoms with Crippen LogP contribution in [0.15, 0.2) is 48.8 Å². The molecule has 9 heteroatoms. The molecular weight excluding hydrogens is 457 g/mol. The molecule has 0 spiro atoms. The van der Waals surface area contributed by atoms with Gasteiger partial charge in [0.1, 0.15) is 23.7 Å². The van der Waals surface area contributed by atoms with Crippen molar-refractivity contribution in [2.75, 3.05) is 37.4 Å². The summed E-state index contributed by atoms with van der Waals surface area (Å²) < 4.78 is 19.0.